The van der Waals surface area contributed by atoms with Crippen LogP contribution >= 0.6 is 0 Å². The summed E-state index contributed by atoms with van der Waals surface area (Å²) in [6.07, 6.45) is 1.07. The summed E-state index contributed by atoms with van der Waals surface area (Å²) in [5.74, 6) is 0.460. The number of nitrogens with one attached hydrogen (secondary N) is 1. The third kappa shape index (κ3) is 4.14. The second kappa shape index (κ2) is 6.64. The average Bonchev–Trinajstić information content (AvgIpc) is 2.79. The van der Waals surface area contributed by atoms with Gasteiger partial charge in [-0.15, -0.1) is 0 Å². The molecular formula is C16H21N3O4S. The third-order valence-corrected chi connectivity index (χ3v) is 4.29. The third-order valence-electron chi connectivity index (χ3n) is 3.70. The van der Waals surface area contributed by atoms with E-state index in [2.05, 4.69) is 9.88 Å². The SMILES string of the molecule is Cc1ccc(C(=O)N(C)Cc2c(C)noc2C)cc1NS(C)(=O)=O. The minimum absolute atomic E-state index is 0.216. The maximum Gasteiger partial charge on any atom is 0.253 e. The van der Waals surface area contributed by atoms with Gasteiger partial charge in [0.25, 0.3) is 5.91 Å². The molecule has 0 aliphatic rings. The molecule has 7 nitrogen and oxygen atoms in total. The number of aryl methyl sites for hydroxylation is 3. The molecule has 0 radical (unpaired) electrons. The van der Waals surface area contributed by atoms with E-state index >= 15 is 0 Å². The number of carbonyl (C=O) groups is 1. The zero-order valence-electron chi connectivity index (χ0n) is 14.4. The molecule has 130 valence electrons. The molecule has 0 spiro atoms. The van der Waals surface area contributed by atoms with E-state index in [-0.39, 0.29) is 5.91 Å². The first-order valence-corrected chi connectivity index (χ1v) is 9.23. The topological polar surface area (TPSA) is 92.5 Å². The zero-order chi connectivity index (χ0) is 18.1. The highest BCUT2D eigenvalue weighted by Gasteiger charge is 2.18. The molecule has 24 heavy (non-hydrogen) atoms. The lowest BCUT2D eigenvalue weighted by molar-refractivity contribution is 0.0784. The molecular weight excluding hydrogens is 330 g/mol. The minimum Gasteiger partial charge on any atom is -0.361 e. The minimum atomic E-state index is -3.41. The number of sulfonamides is 1. The van der Waals surface area contributed by atoms with Crippen LogP contribution in [0.4, 0.5) is 5.69 Å². The maximum atomic E-state index is 12.6. The summed E-state index contributed by atoms with van der Waals surface area (Å²) >= 11 is 0. The van der Waals surface area contributed by atoms with Crippen molar-refractivity contribution in [3.8, 4) is 0 Å². The summed E-state index contributed by atoms with van der Waals surface area (Å²) in [6, 6.07) is 4.93. The summed E-state index contributed by atoms with van der Waals surface area (Å²) < 4.78 is 30.4. The number of hydrogen-bond acceptors (Lipinski definition) is 5. The number of benzene rings is 1. The van der Waals surface area contributed by atoms with E-state index in [1.165, 1.54) is 0 Å². The van der Waals surface area contributed by atoms with Gasteiger partial charge < -0.3 is 9.42 Å². The van der Waals surface area contributed by atoms with E-state index in [4.69, 9.17) is 4.52 Å². The van der Waals surface area contributed by atoms with Crippen LogP contribution in [0.1, 0.15) is 32.9 Å². The van der Waals surface area contributed by atoms with E-state index in [0.717, 1.165) is 23.1 Å². The van der Waals surface area contributed by atoms with E-state index in [1.807, 2.05) is 6.92 Å². The van der Waals surface area contributed by atoms with Gasteiger partial charge in [0, 0.05) is 18.2 Å². The molecule has 0 saturated heterocycles. The van der Waals surface area contributed by atoms with Crippen LogP contribution in [-0.2, 0) is 16.6 Å². The Kier molecular flexibility index (Phi) is 4.98. The highest BCUT2D eigenvalue weighted by atomic mass is 32.2. The lowest BCUT2D eigenvalue weighted by Gasteiger charge is -2.18. The summed E-state index contributed by atoms with van der Waals surface area (Å²) in [7, 11) is -1.73. The highest BCUT2D eigenvalue weighted by molar-refractivity contribution is 7.92. The lowest BCUT2D eigenvalue weighted by Crippen LogP contribution is -2.26. The Balaban J connectivity index is 2.24. The standard InChI is InChI=1S/C16H21N3O4S/c1-10-6-7-13(8-15(10)18-24(5,21)22)16(20)19(4)9-14-11(2)17-23-12(14)3/h6-8,18H,9H2,1-5H3. The fraction of sp³-hybridized carbons (Fsp3) is 0.375. The first-order valence-electron chi connectivity index (χ1n) is 7.34. The van der Waals surface area contributed by atoms with Crippen molar-refractivity contribution in [2.24, 2.45) is 0 Å². The van der Waals surface area contributed by atoms with Gasteiger partial charge in [-0.3, -0.25) is 9.52 Å². The first kappa shape index (κ1) is 18.0. The number of aromatic nitrogens is 1. The second-order valence-corrected chi connectivity index (χ2v) is 7.62. The molecule has 1 aromatic carbocycles. The van der Waals surface area contributed by atoms with Crippen molar-refractivity contribution in [3.63, 3.8) is 0 Å². The number of rotatable bonds is 5. The van der Waals surface area contributed by atoms with Crippen molar-refractivity contribution in [1.29, 1.82) is 0 Å². The van der Waals surface area contributed by atoms with Crippen molar-refractivity contribution < 1.29 is 17.7 Å². The molecule has 1 aromatic heterocycles. The first-order chi connectivity index (χ1) is 11.1. The number of amides is 1. The Hall–Kier alpha value is -2.35. The van der Waals surface area contributed by atoms with Gasteiger partial charge in [0.15, 0.2) is 0 Å². The Morgan fingerprint density at radius 3 is 2.50 bits per heavy atom. The van der Waals surface area contributed by atoms with Crippen molar-refractivity contribution >= 4 is 21.6 Å². The van der Waals surface area contributed by atoms with Gasteiger partial charge in [-0.2, -0.15) is 0 Å². The highest BCUT2D eigenvalue weighted by Crippen LogP contribution is 2.20. The summed E-state index contributed by atoms with van der Waals surface area (Å²) in [6.45, 7) is 5.76. The van der Waals surface area contributed by atoms with E-state index in [9.17, 15) is 13.2 Å². The predicted octanol–water partition coefficient (Wildman–Crippen LogP) is 2.24. The van der Waals surface area contributed by atoms with Gasteiger partial charge in [0.1, 0.15) is 5.76 Å². The molecule has 1 amide bonds. The molecule has 0 aliphatic heterocycles. The fourth-order valence-corrected chi connectivity index (χ4v) is 2.94. The average molecular weight is 351 g/mol. The molecule has 0 unspecified atom stereocenters. The second-order valence-electron chi connectivity index (χ2n) is 5.87. The van der Waals surface area contributed by atoms with Crippen LogP contribution in [0.5, 0.6) is 0 Å². The molecule has 2 aromatic rings. The molecule has 2 rings (SSSR count). The Bertz CT molecular complexity index is 852. The smallest absolute Gasteiger partial charge is 0.253 e. The summed E-state index contributed by atoms with van der Waals surface area (Å²) in [5.41, 5.74) is 3.16. The van der Waals surface area contributed by atoms with E-state index < -0.39 is 10.0 Å². The van der Waals surface area contributed by atoms with Crippen LogP contribution in [0.15, 0.2) is 22.7 Å². The van der Waals surface area contributed by atoms with Crippen LogP contribution in [0.3, 0.4) is 0 Å². The molecule has 8 heteroatoms. The van der Waals surface area contributed by atoms with Crippen LogP contribution in [0.25, 0.3) is 0 Å². The molecule has 0 saturated carbocycles. The van der Waals surface area contributed by atoms with Crippen molar-refractivity contribution in [1.82, 2.24) is 10.1 Å². The van der Waals surface area contributed by atoms with Crippen LogP contribution < -0.4 is 4.72 Å². The van der Waals surface area contributed by atoms with Gasteiger partial charge in [-0.05, 0) is 38.5 Å². The fourth-order valence-electron chi connectivity index (χ4n) is 2.32. The Labute approximate surface area is 141 Å². The number of anilines is 1. The molecule has 1 heterocycles. The largest absolute Gasteiger partial charge is 0.361 e. The van der Waals surface area contributed by atoms with Gasteiger partial charge in [-0.25, -0.2) is 8.42 Å². The quantitative estimate of drug-likeness (QED) is 0.892. The van der Waals surface area contributed by atoms with Gasteiger partial charge in [-0.1, -0.05) is 11.2 Å². The summed E-state index contributed by atoms with van der Waals surface area (Å²) in [5, 5.41) is 3.88. The van der Waals surface area contributed by atoms with Crippen molar-refractivity contribution in [2.75, 3.05) is 18.0 Å². The Morgan fingerprint density at radius 2 is 1.96 bits per heavy atom. The monoisotopic (exact) mass is 351 g/mol. The van der Waals surface area contributed by atoms with E-state index in [0.29, 0.717) is 23.6 Å². The molecule has 1 N–H and O–H groups in total. The number of hydrogen-bond donors (Lipinski definition) is 1. The van der Waals surface area contributed by atoms with Crippen molar-refractivity contribution in [3.05, 3.63) is 46.3 Å². The van der Waals surface area contributed by atoms with Gasteiger partial charge >= 0.3 is 0 Å². The molecule has 0 atom stereocenters. The normalized spacial score (nSPS) is 11.4. The van der Waals surface area contributed by atoms with Crippen molar-refractivity contribution in [2.45, 2.75) is 27.3 Å². The van der Waals surface area contributed by atoms with Crippen LogP contribution in [-0.4, -0.2) is 37.7 Å². The lowest BCUT2D eigenvalue weighted by atomic mass is 10.1. The van der Waals surface area contributed by atoms with Crippen LogP contribution in [0, 0.1) is 20.8 Å². The molecule has 0 aliphatic carbocycles. The predicted molar refractivity (Wildman–Crippen MR) is 91.4 cm³/mol. The maximum absolute atomic E-state index is 12.6. The summed E-state index contributed by atoms with van der Waals surface area (Å²) in [4.78, 5) is 14.2. The molecule has 0 bridgehead atoms. The van der Waals surface area contributed by atoms with E-state index in [1.54, 1.807) is 44.0 Å². The van der Waals surface area contributed by atoms with Crippen LogP contribution in [0.2, 0.25) is 0 Å². The number of carbonyl (C=O) groups excluding carboxylic acids is 1. The zero-order valence-corrected chi connectivity index (χ0v) is 15.2. The molecule has 0 fully saturated rings. The Morgan fingerprint density at radius 1 is 1.29 bits per heavy atom. The number of nitrogens with zero attached hydrogens (tertiary/aromatic N) is 2. The van der Waals surface area contributed by atoms with Gasteiger partial charge in [0.05, 0.1) is 24.2 Å². The van der Waals surface area contributed by atoms with Gasteiger partial charge in [0.2, 0.25) is 10.0 Å².